The van der Waals surface area contributed by atoms with Crippen molar-refractivity contribution < 1.29 is 19.1 Å². The number of hydrogen-bond donors (Lipinski definition) is 0. The minimum absolute atomic E-state index is 0.0116. The number of nitrogens with zero attached hydrogens (tertiary/aromatic N) is 3. The largest absolute Gasteiger partial charge is 0.445 e. The Hall–Kier alpha value is -4.13. The van der Waals surface area contributed by atoms with Crippen LogP contribution in [0.4, 0.5) is 16.2 Å². The highest BCUT2D eigenvalue weighted by Crippen LogP contribution is 2.41. The number of carbonyl (C=O) groups excluding carboxylic acids is 3. The summed E-state index contributed by atoms with van der Waals surface area (Å²) < 4.78 is 5.52. The molecule has 0 aliphatic carbocycles. The molecule has 178 valence electrons. The van der Waals surface area contributed by atoms with Gasteiger partial charge in [-0.25, -0.2) is 4.79 Å². The van der Waals surface area contributed by atoms with E-state index in [1.807, 2.05) is 60.7 Å². The van der Waals surface area contributed by atoms with Gasteiger partial charge in [-0.3, -0.25) is 14.5 Å². The van der Waals surface area contributed by atoms with Gasteiger partial charge >= 0.3 is 6.09 Å². The van der Waals surface area contributed by atoms with Gasteiger partial charge in [0.15, 0.2) is 0 Å². The number of carbonyl (C=O) groups is 3. The SMILES string of the molecule is O=Cc1ccc(N2CN(c3ccccc3)C3(CCN(C(=O)OCc4ccccc4)CC3)C2=O)cc1. The molecule has 5 rings (SSSR count). The van der Waals surface area contributed by atoms with E-state index >= 15 is 0 Å². The zero-order chi connectivity index (χ0) is 24.3. The van der Waals surface area contributed by atoms with Crippen LogP contribution in [0.2, 0.25) is 0 Å². The van der Waals surface area contributed by atoms with E-state index in [0.29, 0.717) is 38.2 Å². The van der Waals surface area contributed by atoms with Gasteiger partial charge in [0.25, 0.3) is 5.91 Å². The summed E-state index contributed by atoms with van der Waals surface area (Å²) in [4.78, 5) is 43.3. The number of piperidine rings is 1. The fourth-order valence-corrected chi connectivity index (χ4v) is 4.93. The molecule has 1 spiro atoms. The van der Waals surface area contributed by atoms with Crippen molar-refractivity contribution in [3.63, 3.8) is 0 Å². The maximum absolute atomic E-state index is 13.9. The molecule has 0 unspecified atom stereocenters. The maximum atomic E-state index is 13.9. The van der Waals surface area contributed by atoms with E-state index in [9.17, 15) is 14.4 Å². The van der Waals surface area contributed by atoms with Gasteiger partial charge in [-0.1, -0.05) is 48.5 Å². The Morgan fingerprint density at radius 3 is 2.11 bits per heavy atom. The van der Waals surface area contributed by atoms with Gasteiger partial charge in [0.2, 0.25) is 0 Å². The number of anilines is 2. The van der Waals surface area contributed by atoms with E-state index in [0.717, 1.165) is 23.2 Å². The second kappa shape index (κ2) is 9.62. The number of rotatable bonds is 5. The van der Waals surface area contributed by atoms with Crippen molar-refractivity contribution in [3.05, 3.63) is 96.1 Å². The normalized spacial score (nSPS) is 17.0. The third kappa shape index (κ3) is 4.37. The summed E-state index contributed by atoms with van der Waals surface area (Å²) in [6.45, 7) is 1.49. The first-order chi connectivity index (χ1) is 17.1. The van der Waals surface area contributed by atoms with Crippen molar-refractivity contribution in [1.82, 2.24) is 4.90 Å². The molecule has 35 heavy (non-hydrogen) atoms. The lowest BCUT2D eigenvalue weighted by atomic mass is 9.85. The highest BCUT2D eigenvalue weighted by molar-refractivity contribution is 6.06. The smallest absolute Gasteiger partial charge is 0.410 e. The number of hydrogen-bond acceptors (Lipinski definition) is 5. The number of amides is 2. The first kappa shape index (κ1) is 22.7. The monoisotopic (exact) mass is 469 g/mol. The van der Waals surface area contributed by atoms with Gasteiger partial charge in [0, 0.05) is 30.0 Å². The highest BCUT2D eigenvalue weighted by Gasteiger charge is 2.54. The topological polar surface area (TPSA) is 70.2 Å². The first-order valence-corrected chi connectivity index (χ1v) is 11.8. The molecule has 2 aliphatic heterocycles. The van der Waals surface area contributed by atoms with Gasteiger partial charge in [0.05, 0.1) is 6.67 Å². The van der Waals surface area contributed by atoms with E-state index in [1.54, 1.807) is 34.1 Å². The lowest BCUT2D eigenvalue weighted by molar-refractivity contribution is -0.123. The van der Waals surface area contributed by atoms with Crippen LogP contribution in [-0.2, 0) is 16.1 Å². The molecule has 0 N–H and O–H groups in total. The Balaban J connectivity index is 1.34. The Labute approximate surface area is 204 Å². The average molecular weight is 470 g/mol. The summed E-state index contributed by atoms with van der Waals surface area (Å²) in [5, 5.41) is 0. The van der Waals surface area contributed by atoms with Crippen LogP contribution < -0.4 is 9.80 Å². The van der Waals surface area contributed by atoms with Gasteiger partial charge in [0.1, 0.15) is 18.4 Å². The number of para-hydroxylation sites is 1. The average Bonchev–Trinajstić information content (AvgIpc) is 3.20. The highest BCUT2D eigenvalue weighted by atomic mass is 16.6. The van der Waals surface area contributed by atoms with E-state index in [2.05, 4.69) is 4.90 Å². The molecule has 0 aromatic heterocycles. The molecular formula is C28H27N3O4. The molecular weight excluding hydrogens is 442 g/mol. The second-order valence-electron chi connectivity index (χ2n) is 8.91. The molecule has 7 nitrogen and oxygen atoms in total. The van der Waals surface area contributed by atoms with Crippen LogP contribution in [0.25, 0.3) is 0 Å². The molecule has 2 saturated heterocycles. The van der Waals surface area contributed by atoms with Crippen LogP contribution in [0.1, 0.15) is 28.8 Å². The van der Waals surface area contributed by atoms with Crippen molar-refractivity contribution in [2.45, 2.75) is 25.0 Å². The van der Waals surface area contributed by atoms with Crippen molar-refractivity contribution in [3.8, 4) is 0 Å². The van der Waals surface area contributed by atoms with Gasteiger partial charge in [-0.2, -0.15) is 0 Å². The fourth-order valence-electron chi connectivity index (χ4n) is 4.93. The second-order valence-corrected chi connectivity index (χ2v) is 8.91. The molecule has 2 heterocycles. The summed E-state index contributed by atoms with van der Waals surface area (Å²) in [7, 11) is 0. The molecule has 2 aliphatic rings. The maximum Gasteiger partial charge on any atom is 0.410 e. The minimum atomic E-state index is -0.749. The Kier molecular flexibility index (Phi) is 6.23. The summed E-state index contributed by atoms with van der Waals surface area (Å²) in [5.41, 5.74) is 2.47. The molecule has 3 aromatic rings. The molecule has 0 atom stereocenters. The van der Waals surface area contributed by atoms with Crippen LogP contribution >= 0.6 is 0 Å². The Morgan fingerprint density at radius 2 is 1.49 bits per heavy atom. The van der Waals surface area contributed by atoms with Crippen molar-refractivity contribution in [2.75, 3.05) is 29.6 Å². The Morgan fingerprint density at radius 1 is 0.857 bits per heavy atom. The van der Waals surface area contributed by atoms with Crippen LogP contribution in [-0.4, -0.2) is 48.5 Å². The predicted molar refractivity (Wildman–Crippen MR) is 133 cm³/mol. The molecule has 2 amide bonds. The van der Waals surface area contributed by atoms with Crippen molar-refractivity contribution in [1.29, 1.82) is 0 Å². The van der Waals surface area contributed by atoms with Gasteiger partial charge < -0.3 is 14.5 Å². The molecule has 0 bridgehead atoms. The molecule has 0 saturated carbocycles. The number of benzene rings is 3. The third-order valence-electron chi connectivity index (χ3n) is 6.91. The molecule has 3 aromatic carbocycles. The van der Waals surface area contributed by atoms with E-state index in [-0.39, 0.29) is 18.6 Å². The summed E-state index contributed by atoms with van der Waals surface area (Å²) in [6, 6.07) is 26.5. The molecule has 2 fully saturated rings. The summed E-state index contributed by atoms with van der Waals surface area (Å²) in [6.07, 6.45) is 1.44. The predicted octanol–water partition coefficient (Wildman–Crippen LogP) is 4.48. The zero-order valence-corrected chi connectivity index (χ0v) is 19.4. The van der Waals surface area contributed by atoms with Crippen LogP contribution in [0.15, 0.2) is 84.9 Å². The van der Waals surface area contributed by atoms with E-state index in [4.69, 9.17) is 4.74 Å². The number of aldehydes is 1. The first-order valence-electron chi connectivity index (χ1n) is 11.8. The summed E-state index contributed by atoms with van der Waals surface area (Å²) in [5.74, 6) is 0.0116. The fraction of sp³-hybridized carbons (Fsp3) is 0.250. The standard InChI is InChI=1S/C28H27N3O4/c32-19-22-11-13-24(14-12-22)30-21-31(25-9-5-2-6-10-25)28(26(30)33)15-17-29(18-16-28)27(34)35-20-23-7-3-1-4-8-23/h1-14,19H,15-18,20-21H2. The van der Waals surface area contributed by atoms with Gasteiger partial charge in [-0.05, 0) is 54.8 Å². The summed E-state index contributed by atoms with van der Waals surface area (Å²) >= 11 is 0. The van der Waals surface area contributed by atoms with Crippen molar-refractivity contribution in [2.24, 2.45) is 0 Å². The molecule has 0 radical (unpaired) electrons. The van der Waals surface area contributed by atoms with Crippen LogP contribution in [0.3, 0.4) is 0 Å². The third-order valence-corrected chi connectivity index (χ3v) is 6.91. The zero-order valence-electron chi connectivity index (χ0n) is 19.4. The van der Waals surface area contributed by atoms with E-state index in [1.165, 1.54) is 0 Å². The molecule has 7 heteroatoms. The van der Waals surface area contributed by atoms with Crippen molar-refractivity contribution >= 4 is 29.7 Å². The minimum Gasteiger partial charge on any atom is -0.445 e. The Bertz CT molecular complexity index is 1190. The number of likely N-dealkylation sites (tertiary alicyclic amines) is 1. The van der Waals surface area contributed by atoms with E-state index < -0.39 is 5.54 Å². The van der Waals surface area contributed by atoms with Crippen LogP contribution in [0.5, 0.6) is 0 Å². The lowest BCUT2D eigenvalue weighted by Crippen LogP contribution is -2.57. The lowest BCUT2D eigenvalue weighted by Gasteiger charge is -2.42. The number of ether oxygens (including phenoxy) is 1. The van der Waals surface area contributed by atoms with Gasteiger partial charge in [-0.15, -0.1) is 0 Å². The van der Waals surface area contributed by atoms with Crippen LogP contribution in [0, 0.1) is 0 Å². The quantitative estimate of drug-likeness (QED) is 0.516.